The number of anilines is 1. The van der Waals surface area contributed by atoms with Gasteiger partial charge in [-0.2, -0.15) is 0 Å². The summed E-state index contributed by atoms with van der Waals surface area (Å²) in [4.78, 5) is 22.9. The second kappa shape index (κ2) is 5.95. The minimum absolute atomic E-state index is 0.0885. The molecule has 7 nitrogen and oxygen atoms in total. The molecule has 21 heavy (non-hydrogen) atoms. The maximum atomic E-state index is 12.2. The summed E-state index contributed by atoms with van der Waals surface area (Å²) in [5.74, 6) is 0.663. The number of hydrogen-bond donors (Lipinski definition) is 2. The molecule has 0 radical (unpaired) electrons. The van der Waals surface area contributed by atoms with E-state index in [2.05, 4.69) is 20.2 Å². The van der Waals surface area contributed by atoms with E-state index in [1.165, 1.54) is 0 Å². The van der Waals surface area contributed by atoms with Crippen LogP contribution in [0.15, 0.2) is 18.5 Å². The lowest BCUT2D eigenvalue weighted by molar-refractivity contribution is -0.127. The lowest BCUT2D eigenvalue weighted by Gasteiger charge is -2.33. The van der Waals surface area contributed by atoms with Crippen LogP contribution in [0.3, 0.4) is 0 Å². The van der Waals surface area contributed by atoms with Crippen LogP contribution >= 0.6 is 0 Å². The summed E-state index contributed by atoms with van der Waals surface area (Å²) in [6.07, 6.45) is 5.83. The molecule has 0 saturated carbocycles. The second-order valence-electron chi connectivity index (χ2n) is 5.74. The van der Waals surface area contributed by atoms with Gasteiger partial charge in [0.05, 0.1) is 6.61 Å². The fourth-order valence-electron chi connectivity index (χ4n) is 2.77. The highest BCUT2D eigenvalue weighted by atomic mass is 16.5. The lowest BCUT2D eigenvalue weighted by Crippen LogP contribution is -2.58. The monoisotopic (exact) mass is 291 g/mol. The molecule has 2 aliphatic rings. The second-order valence-corrected chi connectivity index (χ2v) is 5.74. The van der Waals surface area contributed by atoms with Crippen molar-refractivity contribution in [2.45, 2.75) is 30.8 Å². The smallest absolute Gasteiger partial charge is 0.242 e. The number of hydrogen-bond acceptors (Lipinski definition) is 6. The summed E-state index contributed by atoms with van der Waals surface area (Å²) in [5, 5.41) is 3.06. The van der Waals surface area contributed by atoms with E-state index in [1.54, 1.807) is 18.5 Å². The number of nitrogens with zero attached hydrogens (tertiary/aromatic N) is 3. The van der Waals surface area contributed by atoms with Crippen LogP contribution in [-0.2, 0) is 9.53 Å². The van der Waals surface area contributed by atoms with Gasteiger partial charge in [-0.1, -0.05) is 0 Å². The Bertz CT molecular complexity index is 481. The number of amides is 1. The Balaban J connectivity index is 1.51. The standard InChI is InChI=1S/C14H21N5O2/c15-14(4-9-21-10-14)12(20)18-11-2-7-19(8-3-11)13-16-5-1-6-17-13/h1,5-6,11H,2-4,7-10,15H2,(H,18,20). The van der Waals surface area contributed by atoms with Crippen molar-refractivity contribution in [3.63, 3.8) is 0 Å². The van der Waals surface area contributed by atoms with E-state index in [1.807, 2.05) is 0 Å². The van der Waals surface area contributed by atoms with Gasteiger partial charge in [0.1, 0.15) is 5.54 Å². The molecule has 1 aromatic rings. The molecular formula is C14H21N5O2. The zero-order chi connectivity index (χ0) is 14.7. The summed E-state index contributed by atoms with van der Waals surface area (Å²) >= 11 is 0. The minimum atomic E-state index is -0.848. The Kier molecular flexibility index (Phi) is 4.03. The van der Waals surface area contributed by atoms with Gasteiger partial charge in [-0.3, -0.25) is 4.79 Å². The van der Waals surface area contributed by atoms with Gasteiger partial charge in [0.2, 0.25) is 11.9 Å². The van der Waals surface area contributed by atoms with E-state index in [4.69, 9.17) is 10.5 Å². The largest absolute Gasteiger partial charge is 0.379 e. The number of carbonyl (C=O) groups is 1. The van der Waals surface area contributed by atoms with Crippen molar-refractivity contribution in [2.75, 3.05) is 31.2 Å². The summed E-state index contributed by atoms with van der Waals surface area (Å²) < 4.78 is 5.23. The third kappa shape index (κ3) is 3.14. The van der Waals surface area contributed by atoms with E-state index in [0.29, 0.717) is 19.6 Å². The fraction of sp³-hybridized carbons (Fsp3) is 0.643. The van der Waals surface area contributed by atoms with Gasteiger partial charge in [-0.25, -0.2) is 9.97 Å². The maximum Gasteiger partial charge on any atom is 0.242 e. The molecule has 0 aliphatic carbocycles. The fourth-order valence-corrected chi connectivity index (χ4v) is 2.77. The predicted octanol–water partition coefficient (Wildman–Crippen LogP) is -0.321. The zero-order valence-electron chi connectivity index (χ0n) is 12.0. The molecule has 3 N–H and O–H groups in total. The maximum absolute atomic E-state index is 12.2. The molecule has 0 spiro atoms. The highest BCUT2D eigenvalue weighted by molar-refractivity contribution is 5.86. The van der Waals surface area contributed by atoms with Crippen molar-refractivity contribution < 1.29 is 9.53 Å². The van der Waals surface area contributed by atoms with E-state index >= 15 is 0 Å². The first-order valence-corrected chi connectivity index (χ1v) is 7.37. The van der Waals surface area contributed by atoms with Crippen LogP contribution in [0, 0.1) is 0 Å². The molecule has 0 bridgehead atoms. The highest BCUT2D eigenvalue weighted by Gasteiger charge is 2.39. The van der Waals surface area contributed by atoms with Crippen molar-refractivity contribution in [3.05, 3.63) is 18.5 Å². The molecule has 2 fully saturated rings. The summed E-state index contributed by atoms with van der Waals surface area (Å²) in [7, 11) is 0. The molecule has 3 heterocycles. The number of rotatable bonds is 3. The average Bonchev–Trinajstić information content (AvgIpc) is 2.97. The van der Waals surface area contributed by atoms with E-state index < -0.39 is 5.54 Å². The number of nitrogens with one attached hydrogen (secondary N) is 1. The lowest BCUT2D eigenvalue weighted by atomic mass is 9.97. The Morgan fingerprint density at radius 2 is 2.10 bits per heavy atom. The average molecular weight is 291 g/mol. The SMILES string of the molecule is NC1(C(=O)NC2CCN(c3ncccn3)CC2)CCOC1. The van der Waals surface area contributed by atoms with Gasteiger partial charge in [0.25, 0.3) is 0 Å². The Morgan fingerprint density at radius 3 is 2.71 bits per heavy atom. The van der Waals surface area contributed by atoms with Crippen LogP contribution in [0.1, 0.15) is 19.3 Å². The van der Waals surface area contributed by atoms with E-state index in [0.717, 1.165) is 31.9 Å². The van der Waals surface area contributed by atoms with Gasteiger partial charge >= 0.3 is 0 Å². The quantitative estimate of drug-likeness (QED) is 0.793. The van der Waals surface area contributed by atoms with E-state index in [9.17, 15) is 4.79 Å². The van der Waals surface area contributed by atoms with Crippen LogP contribution in [0.2, 0.25) is 0 Å². The first-order chi connectivity index (χ1) is 10.2. The molecule has 1 atom stereocenters. The third-order valence-corrected chi connectivity index (χ3v) is 4.17. The molecule has 1 amide bonds. The van der Waals surface area contributed by atoms with Crippen LogP contribution < -0.4 is 16.0 Å². The molecule has 114 valence electrons. The first kappa shape index (κ1) is 14.2. The molecule has 2 saturated heterocycles. The highest BCUT2D eigenvalue weighted by Crippen LogP contribution is 2.19. The van der Waals surface area contributed by atoms with Crippen molar-refractivity contribution in [2.24, 2.45) is 5.73 Å². The van der Waals surface area contributed by atoms with Gasteiger partial charge in [-0.15, -0.1) is 0 Å². The van der Waals surface area contributed by atoms with Gasteiger partial charge < -0.3 is 20.7 Å². The third-order valence-electron chi connectivity index (χ3n) is 4.17. The molecule has 3 rings (SSSR count). The summed E-state index contributed by atoms with van der Waals surface area (Å²) in [6, 6.07) is 1.97. The Labute approximate surface area is 123 Å². The number of aromatic nitrogens is 2. The molecular weight excluding hydrogens is 270 g/mol. The van der Waals surface area contributed by atoms with Crippen molar-refractivity contribution >= 4 is 11.9 Å². The number of carbonyl (C=O) groups excluding carboxylic acids is 1. The topological polar surface area (TPSA) is 93.4 Å². The van der Waals surface area contributed by atoms with Crippen LogP contribution in [0.5, 0.6) is 0 Å². The molecule has 7 heteroatoms. The minimum Gasteiger partial charge on any atom is -0.379 e. The van der Waals surface area contributed by atoms with Crippen LogP contribution in [0.4, 0.5) is 5.95 Å². The first-order valence-electron chi connectivity index (χ1n) is 7.37. The number of ether oxygens (including phenoxy) is 1. The van der Waals surface area contributed by atoms with Gasteiger partial charge in [-0.05, 0) is 25.3 Å². The number of piperidine rings is 1. The predicted molar refractivity (Wildman–Crippen MR) is 77.8 cm³/mol. The normalized spacial score (nSPS) is 26.8. The molecule has 2 aliphatic heterocycles. The Hall–Kier alpha value is -1.73. The molecule has 0 aromatic carbocycles. The van der Waals surface area contributed by atoms with Crippen molar-refractivity contribution in [1.82, 2.24) is 15.3 Å². The van der Waals surface area contributed by atoms with Crippen molar-refractivity contribution in [1.29, 1.82) is 0 Å². The van der Waals surface area contributed by atoms with Crippen LogP contribution in [0.25, 0.3) is 0 Å². The van der Waals surface area contributed by atoms with Crippen LogP contribution in [-0.4, -0.2) is 53.8 Å². The summed E-state index contributed by atoms with van der Waals surface area (Å²) in [5.41, 5.74) is 5.22. The van der Waals surface area contributed by atoms with E-state index in [-0.39, 0.29) is 11.9 Å². The summed E-state index contributed by atoms with van der Waals surface area (Å²) in [6.45, 7) is 2.55. The van der Waals surface area contributed by atoms with Gasteiger partial charge in [0, 0.05) is 38.1 Å². The molecule has 1 aromatic heterocycles. The molecule has 1 unspecified atom stereocenters. The zero-order valence-corrected chi connectivity index (χ0v) is 12.0. The Morgan fingerprint density at radius 1 is 1.38 bits per heavy atom. The van der Waals surface area contributed by atoms with Crippen molar-refractivity contribution in [3.8, 4) is 0 Å². The van der Waals surface area contributed by atoms with Gasteiger partial charge in [0.15, 0.2) is 0 Å². The number of nitrogens with two attached hydrogens (primary N) is 1.